The summed E-state index contributed by atoms with van der Waals surface area (Å²) in [5.74, 6) is 1.08. The third-order valence-electron chi connectivity index (χ3n) is 7.56. The second-order valence-electron chi connectivity index (χ2n) is 10.5. The van der Waals surface area contributed by atoms with Crippen molar-refractivity contribution in [3.63, 3.8) is 0 Å². The van der Waals surface area contributed by atoms with Crippen LogP contribution in [0.4, 0.5) is 5.82 Å². The molecular weight excluding hydrogens is 508 g/mol. The summed E-state index contributed by atoms with van der Waals surface area (Å²) in [6.07, 6.45) is 5.15. The highest BCUT2D eigenvalue weighted by Gasteiger charge is 2.34. The van der Waals surface area contributed by atoms with Crippen LogP contribution in [-0.4, -0.2) is 72.9 Å². The SMILES string of the molecule is Cc1nc2n(n1)CCN(C(=O)c1ccnc(N)c1)CCCC(=O)N1CCCC[C@H]1C(=O)N[C@@H]2Cc1ccccc1. The largest absolute Gasteiger partial charge is 0.384 e. The standard InChI is InChI=1S/C29H36N8O3/c1-20-32-27-23(18-21-8-3-2-4-9-21)33-28(39)24-10-5-6-15-36(24)26(38)11-7-14-35(16-17-37(27)34-20)29(40)22-12-13-31-25(30)19-22/h2-4,8-9,12-13,19,23-24H,5-7,10-11,14-18H2,1H3,(H2,30,31)(H,33,39)/t23-,24+/m1/s1. The molecule has 0 spiro atoms. The highest BCUT2D eigenvalue weighted by atomic mass is 16.2. The van der Waals surface area contributed by atoms with Crippen molar-refractivity contribution in [2.45, 2.75) is 64.1 Å². The number of nitrogens with zero attached hydrogens (tertiary/aromatic N) is 6. The monoisotopic (exact) mass is 544 g/mol. The van der Waals surface area contributed by atoms with Gasteiger partial charge in [0.2, 0.25) is 11.8 Å². The maximum absolute atomic E-state index is 13.7. The average Bonchev–Trinajstić information content (AvgIpc) is 3.34. The second kappa shape index (κ2) is 12.3. The van der Waals surface area contributed by atoms with Crippen molar-refractivity contribution < 1.29 is 14.4 Å². The molecule has 11 heteroatoms. The number of fused-ring (bicyclic) bond motifs is 2. The number of rotatable bonds is 3. The number of nitrogens with one attached hydrogen (secondary N) is 1. The fourth-order valence-corrected chi connectivity index (χ4v) is 5.58. The first-order valence-electron chi connectivity index (χ1n) is 13.9. The zero-order chi connectivity index (χ0) is 28.1. The van der Waals surface area contributed by atoms with E-state index in [-0.39, 0.29) is 30.0 Å². The number of nitrogens with two attached hydrogens (primary N) is 1. The smallest absolute Gasteiger partial charge is 0.254 e. The maximum atomic E-state index is 13.7. The summed E-state index contributed by atoms with van der Waals surface area (Å²) in [7, 11) is 0. The van der Waals surface area contributed by atoms with E-state index in [2.05, 4.69) is 15.4 Å². The van der Waals surface area contributed by atoms with Crippen molar-refractivity contribution in [3.8, 4) is 0 Å². The predicted octanol–water partition coefficient (Wildman–Crippen LogP) is 2.28. The highest BCUT2D eigenvalue weighted by Crippen LogP contribution is 2.23. The molecule has 210 valence electrons. The molecule has 2 atom stereocenters. The summed E-state index contributed by atoms with van der Waals surface area (Å²) in [6, 6.07) is 12.1. The van der Waals surface area contributed by atoms with Crippen LogP contribution in [0.15, 0.2) is 48.7 Å². The van der Waals surface area contributed by atoms with E-state index in [1.54, 1.807) is 26.6 Å². The van der Waals surface area contributed by atoms with Gasteiger partial charge in [-0.15, -0.1) is 0 Å². The molecule has 0 radical (unpaired) electrons. The van der Waals surface area contributed by atoms with Gasteiger partial charge in [0.1, 0.15) is 23.5 Å². The molecule has 3 amide bonds. The number of hydrogen-bond donors (Lipinski definition) is 2. The van der Waals surface area contributed by atoms with Gasteiger partial charge in [-0.05, 0) is 56.7 Å². The van der Waals surface area contributed by atoms with Gasteiger partial charge < -0.3 is 20.9 Å². The molecule has 1 saturated heterocycles. The normalized spacial score (nSPS) is 20.7. The first-order valence-corrected chi connectivity index (χ1v) is 13.9. The number of amides is 3. The Hall–Kier alpha value is -4.28. The van der Waals surface area contributed by atoms with E-state index in [0.717, 1.165) is 18.4 Å². The van der Waals surface area contributed by atoms with Crippen LogP contribution in [-0.2, 0) is 22.6 Å². The molecule has 11 nitrogen and oxygen atoms in total. The fraction of sp³-hybridized carbons (Fsp3) is 0.448. The van der Waals surface area contributed by atoms with Crippen LogP contribution in [0.2, 0.25) is 0 Å². The third kappa shape index (κ3) is 6.30. The molecule has 1 aromatic carbocycles. The Bertz CT molecular complexity index is 1360. The minimum atomic E-state index is -0.530. The van der Waals surface area contributed by atoms with Crippen LogP contribution in [0.5, 0.6) is 0 Å². The lowest BCUT2D eigenvalue weighted by Crippen LogP contribution is -2.53. The summed E-state index contributed by atoms with van der Waals surface area (Å²) < 4.78 is 1.79. The van der Waals surface area contributed by atoms with Crippen molar-refractivity contribution in [3.05, 3.63) is 71.4 Å². The third-order valence-corrected chi connectivity index (χ3v) is 7.56. The molecule has 0 aliphatic carbocycles. The molecule has 3 aromatic rings. The Kier molecular flexibility index (Phi) is 8.37. The molecule has 5 rings (SSSR count). The molecule has 2 aliphatic heterocycles. The minimum absolute atomic E-state index is 0.0592. The van der Waals surface area contributed by atoms with Gasteiger partial charge in [0.05, 0.1) is 12.6 Å². The maximum Gasteiger partial charge on any atom is 0.254 e. The van der Waals surface area contributed by atoms with Crippen LogP contribution in [0.3, 0.4) is 0 Å². The van der Waals surface area contributed by atoms with Gasteiger partial charge in [0.25, 0.3) is 5.91 Å². The lowest BCUT2D eigenvalue weighted by atomic mass is 9.99. The van der Waals surface area contributed by atoms with E-state index in [9.17, 15) is 14.4 Å². The lowest BCUT2D eigenvalue weighted by Gasteiger charge is -2.36. The molecule has 1 fully saturated rings. The molecule has 4 heterocycles. The number of carbonyl (C=O) groups excluding carboxylic acids is 3. The Labute approximate surface area is 233 Å². The van der Waals surface area contributed by atoms with Crippen LogP contribution in [0, 0.1) is 6.92 Å². The summed E-state index contributed by atoms with van der Waals surface area (Å²) in [6.45, 7) is 3.48. The zero-order valence-electron chi connectivity index (χ0n) is 22.8. The summed E-state index contributed by atoms with van der Waals surface area (Å²) in [5, 5.41) is 7.85. The Balaban J connectivity index is 1.50. The van der Waals surface area contributed by atoms with E-state index in [1.807, 2.05) is 37.3 Å². The van der Waals surface area contributed by atoms with E-state index < -0.39 is 12.1 Å². The Morgan fingerprint density at radius 3 is 2.67 bits per heavy atom. The van der Waals surface area contributed by atoms with E-state index in [0.29, 0.717) is 62.7 Å². The average molecular weight is 545 g/mol. The number of pyridine rings is 1. The topological polar surface area (TPSA) is 139 Å². The number of piperidine rings is 1. The fourth-order valence-electron chi connectivity index (χ4n) is 5.58. The quantitative estimate of drug-likeness (QED) is 0.516. The number of benzene rings is 1. The lowest BCUT2D eigenvalue weighted by molar-refractivity contribution is -0.142. The number of aromatic nitrogens is 4. The molecule has 2 aromatic heterocycles. The van der Waals surface area contributed by atoms with E-state index in [1.165, 1.54) is 6.20 Å². The molecule has 0 saturated carbocycles. The number of nitrogen functional groups attached to an aromatic ring is 1. The van der Waals surface area contributed by atoms with Gasteiger partial charge in [-0.1, -0.05) is 30.3 Å². The number of carbonyl (C=O) groups is 3. The predicted molar refractivity (Wildman–Crippen MR) is 149 cm³/mol. The van der Waals surface area contributed by atoms with Crippen molar-refractivity contribution in [2.75, 3.05) is 25.4 Å². The van der Waals surface area contributed by atoms with Gasteiger partial charge in [-0.25, -0.2) is 14.6 Å². The van der Waals surface area contributed by atoms with Crippen molar-refractivity contribution >= 4 is 23.5 Å². The molecule has 2 aliphatic rings. The van der Waals surface area contributed by atoms with Gasteiger partial charge in [0, 0.05) is 37.8 Å². The summed E-state index contributed by atoms with van der Waals surface area (Å²) >= 11 is 0. The molecule has 0 unspecified atom stereocenters. The first-order chi connectivity index (χ1) is 19.4. The Morgan fingerprint density at radius 1 is 1.05 bits per heavy atom. The van der Waals surface area contributed by atoms with Gasteiger partial charge in [-0.2, -0.15) is 5.10 Å². The molecule has 0 bridgehead atoms. The van der Waals surface area contributed by atoms with Crippen molar-refractivity contribution in [1.29, 1.82) is 0 Å². The van der Waals surface area contributed by atoms with Crippen molar-refractivity contribution in [1.82, 2.24) is 34.9 Å². The Morgan fingerprint density at radius 2 is 1.88 bits per heavy atom. The molecule has 3 N–H and O–H groups in total. The van der Waals surface area contributed by atoms with Gasteiger partial charge in [-0.3, -0.25) is 14.4 Å². The van der Waals surface area contributed by atoms with Crippen molar-refractivity contribution in [2.24, 2.45) is 0 Å². The first kappa shape index (κ1) is 27.3. The number of hydrogen-bond acceptors (Lipinski definition) is 7. The number of anilines is 1. The van der Waals surface area contributed by atoms with Crippen LogP contribution < -0.4 is 11.1 Å². The van der Waals surface area contributed by atoms with Gasteiger partial charge >= 0.3 is 0 Å². The van der Waals surface area contributed by atoms with E-state index in [4.69, 9.17) is 10.7 Å². The highest BCUT2D eigenvalue weighted by molar-refractivity contribution is 5.94. The zero-order valence-corrected chi connectivity index (χ0v) is 22.8. The van der Waals surface area contributed by atoms with Crippen LogP contribution >= 0.6 is 0 Å². The second-order valence-corrected chi connectivity index (χ2v) is 10.5. The number of aryl methyl sites for hydroxylation is 1. The molecular formula is C29H36N8O3. The summed E-state index contributed by atoms with van der Waals surface area (Å²) in [5.41, 5.74) is 7.34. The van der Waals surface area contributed by atoms with E-state index >= 15 is 0 Å². The van der Waals surface area contributed by atoms with Crippen LogP contribution in [0.1, 0.15) is 65.7 Å². The summed E-state index contributed by atoms with van der Waals surface area (Å²) in [4.78, 5) is 52.7. The van der Waals surface area contributed by atoms with Crippen LogP contribution in [0.25, 0.3) is 0 Å². The minimum Gasteiger partial charge on any atom is -0.384 e. The van der Waals surface area contributed by atoms with Gasteiger partial charge in [0.15, 0.2) is 0 Å². The molecule has 40 heavy (non-hydrogen) atoms.